The molecule has 0 atom stereocenters. The molecule has 0 aliphatic rings. The highest BCUT2D eigenvalue weighted by Crippen LogP contribution is 2.23. The number of hydrogen-bond donors (Lipinski definition) is 0. The van der Waals surface area contributed by atoms with Crippen LogP contribution in [0.1, 0.15) is 32.9 Å². The highest BCUT2D eigenvalue weighted by Gasteiger charge is 2.17. The van der Waals surface area contributed by atoms with Crippen molar-refractivity contribution in [3.63, 3.8) is 0 Å². The topological polar surface area (TPSA) is 52.1 Å². The van der Waals surface area contributed by atoms with Gasteiger partial charge in [-0.3, -0.25) is 4.79 Å². The van der Waals surface area contributed by atoms with Crippen LogP contribution in [-0.4, -0.2) is 23.1 Å². The van der Waals surface area contributed by atoms with Crippen molar-refractivity contribution in [3.05, 3.63) is 52.3 Å². The van der Waals surface area contributed by atoms with Gasteiger partial charge in [0.05, 0.1) is 24.1 Å². The summed E-state index contributed by atoms with van der Waals surface area (Å²) in [5.74, 6) is 0.487. The minimum atomic E-state index is -0.0870. The SMILES string of the molecule is COc1ccc(C)cc1C(=O)c1cc(C)nnc1C. The predicted molar refractivity (Wildman–Crippen MR) is 72.7 cm³/mol. The standard InChI is InChI=1S/C15H16N2O2/c1-9-5-6-14(19-4)13(7-9)15(18)12-8-10(2)16-17-11(12)3/h5-8H,1-4H3. The van der Waals surface area contributed by atoms with E-state index in [4.69, 9.17) is 4.74 Å². The van der Waals surface area contributed by atoms with Gasteiger partial charge in [0.25, 0.3) is 0 Å². The van der Waals surface area contributed by atoms with E-state index in [1.165, 1.54) is 0 Å². The van der Waals surface area contributed by atoms with Crippen LogP contribution in [0.3, 0.4) is 0 Å². The molecule has 4 heteroatoms. The fraction of sp³-hybridized carbons (Fsp3) is 0.267. The van der Waals surface area contributed by atoms with Crippen molar-refractivity contribution < 1.29 is 9.53 Å². The van der Waals surface area contributed by atoms with Crippen molar-refractivity contribution in [3.8, 4) is 5.75 Å². The number of benzene rings is 1. The molecule has 0 bridgehead atoms. The summed E-state index contributed by atoms with van der Waals surface area (Å²) in [7, 11) is 1.56. The maximum absolute atomic E-state index is 12.6. The first-order valence-electron chi connectivity index (χ1n) is 6.03. The van der Waals surface area contributed by atoms with E-state index in [2.05, 4.69) is 10.2 Å². The van der Waals surface area contributed by atoms with E-state index in [1.54, 1.807) is 26.2 Å². The second-order valence-electron chi connectivity index (χ2n) is 4.52. The van der Waals surface area contributed by atoms with E-state index in [9.17, 15) is 4.79 Å². The third kappa shape index (κ3) is 2.62. The molecule has 0 aliphatic heterocycles. The van der Waals surface area contributed by atoms with E-state index in [1.807, 2.05) is 26.0 Å². The number of ketones is 1. The lowest BCUT2D eigenvalue weighted by atomic mass is 9.99. The molecule has 1 heterocycles. The number of methoxy groups -OCH3 is 1. The maximum atomic E-state index is 12.6. The molecule has 1 aromatic heterocycles. The van der Waals surface area contributed by atoms with Crippen LogP contribution in [0, 0.1) is 20.8 Å². The van der Waals surface area contributed by atoms with Crippen molar-refractivity contribution in [1.29, 1.82) is 0 Å². The first kappa shape index (κ1) is 13.2. The number of carbonyl (C=O) groups is 1. The van der Waals surface area contributed by atoms with E-state index >= 15 is 0 Å². The highest BCUT2D eigenvalue weighted by atomic mass is 16.5. The number of carbonyl (C=O) groups excluding carboxylic acids is 1. The number of ether oxygens (including phenoxy) is 1. The molecule has 0 aliphatic carbocycles. The van der Waals surface area contributed by atoms with Gasteiger partial charge in [-0.25, -0.2) is 0 Å². The summed E-state index contributed by atoms with van der Waals surface area (Å²) in [6.07, 6.45) is 0. The monoisotopic (exact) mass is 256 g/mol. The molecule has 0 fully saturated rings. The van der Waals surface area contributed by atoms with Crippen LogP contribution in [0.4, 0.5) is 0 Å². The summed E-state index contributed by atoms with van der Waals surface area (Å²) in [5.41, 5.74) is 3.48. The molecular formula is C15H16N2O2. The van der Waals surface area contributed by atoms with E-state index in [0.717, 1.165) is 11.3 Å². The maximum Gasteiger partial charge on any atom is 0.198 e. The number of aryl methyl sites for hydroxylation is 3. The second kappa shape index (κ2) is 5.18. The summed E-state index contributed by atoms with van der Waals surface area (Å²) in [5, 5.41) is 7.93. The molecule has 98 valence electrons. The lowest BCUT2D eigenvalue weighted by molar-refractivity contribution is 0.103. The number of nitrogens with zero attached hydrogens (tertiary/aromatic N) is 2. The summed E-state index contributed by atoms with van der Waals surface area (Å²) < 4.78 is 5.26. The zero-order valence-corrected chi connectivity index (χ0v) is 11.5. The molecule has 0 spiro atoms. The van der Waals surface area contributed by atoms with Crippen LogP contribution in [0.25, 0.3) is 0 Å². The van der Waals surface area contributed by atoms with Gasteiger partial charge in [0.2, 0.25) is 0 Å². The van der Waals surface area contributed by atoms with Crippen LogP contribution < -0.4 is 4.74 Å². The molecule has 2 aromatic rings. The lowest BCUT2D eigenvalue weighted by Gasteiger charge is -2.10. The van der Waals surface area contributed by atoms with Crippen LogP contribution in [-0.2, 0) is 0 Å². The molecule has 0 amide bonds. The largest absolute Gasteiger partial charge is 0.496 e. The molecule has 19 heavy (non-hydrogen) atoms. The average Bonchev–Trinajstić information content (AvgIpc) is 2.40. The van der Waals surface area contributed by atoms with Gasteiger partial charge in [-0.05, 0) is 39.0 Å². The third-order valence-electron chi connectivity index (χ3n) is 2.94. The van der Waals surface area contributed by atoms with E-state index in [0.29, 0.717) is 22.6 Å². The molecule has 0 N–H and O–H groups in total. The first-order valence-corrected chi connectivity index (χ1v) is 6.03. The fourth-order valence-corrected chi connectivity index (χ4v) is 1.92. The Kier molecular flexibility index (Phi) is 3.60. The van der Waals surface area contributed by atoms with Crippen LogP contribution >= 0.6 is 0 Å². The summed E-state index contributed by atoms with van der Waals surface area (Å²) in [6, 6.07) is 7.31. The average molecular weight is 256 g/mol. The normalized spacial score (nSPS) is 10.3. The molecule has 0 unspecified atom stereocenters. The third-order valence-corrected chi connectivity index (χ3v) is 2.94. The highest BCUT2D eigenvalue weighted by molar-refractivity contribution is 6.11. The number of hydrogen-bond acceptors (Lipinski definition) is 4. The Morgan fingerprint density at radius 2 is 1.79 bits per heavy atom. The number of aromatic nitrogens is 2. The van der Waals surface area contributed by atoms with Crippen molar-refractivity contribution in [2.24, 2.45) is 0 Å². The summed E-state index contributed by atoms with van der Waals surface area (Å²) >= 11 is 0. The van der Waals surface area contributed by atoms with Crippen LogP contribution in [0.2, 0.25) is 0 Å². The van der Waals surface area contributed by atoms with Crippen LogP contribution in [0.15, 0.2) is 24.3 Å². The fourth-order valence-electron chi connectivity index (χ4n) is 1.92. The van der Waals surface area contributed by atoms with Crippen molar-refractivity contribution in [1.82, 2.24) is 10.2 Å². The van der Waals surface area contributed by atoms with Gasteiger partial charge in [-0.1, -0.05) is 11.6 Å². The van der Waals surface area contributed by atoms with Gasteiger partial charge >= 0.3 is 0 Å². The Hall–Kier alpha value is -2.23. The predicted octanol–water partition coefficient (Wildman–Crippen LogP) is 2.64. The second-order valence-corrected chi connectivity index (χ2v) is 4.52. The minimum Gasteiger partial charge on any atom is -0.496 e. The Balaban J connectivity index is 2.55. The molecule has 1 aromatic carbocycles. The van der Waals surface area contributed by atoms with Crippen molar-refractivity contribution >= 4 is 5.78 Å². The van der Waals surface area contributed by atoms with Gasteiger partial charge in [0, 0.05) is 5.56 Å². The smallest absolute Gasteiger partial charge is 0.198 e. The molecule has 2 rings (SSSR count). The molecule has 0 saturated carbocycles. The Bertz CT molecular complexity index is 636. The summed E-state index contributed by atoms with van der Waals surface area (Å²) in [6.45, 7) is 5.54. The zero-order valence-electron chi connectivity index (χ0n) is 11.5. The Labute approximate surface area is 112 Å². The quantitative estimate of drug-likeness (QED) is 0.792. The van der Waals surface area contributed by atoms with Crippen molar-refractivity contribution in [2.45, 2.75) is 20.8 Å². The molecular weight excluding hydrogens is 240 g/mol. The first-order chi connectivity index (χ1) is 9.02. The zero-order chi connectivity index (χ0) is 14.0. The Morgan fingerprint density at radius 1 is 1.05 bits per heavy atom. The Morgan fingerprint density at radius 3 is 2.47 bits per heavy atom. The molecule has 0 radical (unpaired) electrons. The van der Waals surface area contributed by atoms with Gasteiger partial charge in [-0.2, -0.15) is 10.2 Å². The lowest BCUT2D eigenvalue weighted by Crippen LogP contribution is -2.09. The molecule has 0 saturated heterocycles. The van der Waals surface area contributed by atoms with E-state index in [-0.39, 0.29) is 5.78 Å². The van der Waals surface area contributed by atoms with Gasteiger partial charge in [0.15, 0.2) is 5.78 Å². The number of rotatable bonds is 3. The van der Waals surface area contributed by atoms with Gasteiger partial charge in [-0.15, -0.1) is 0 Å². The van der Waals surface area contributed by atoms with Crippen molar-refractivity contribution in [2.75, 3.05) is 7.11 Å². The van der Waals surface area contributed by atoms with Crippen LogP contribution in [0.5, 0.6) is 5.75 Å². The van der Waals surface area contributed by atoms with Gasteiger partial charge < -0.3 is 4.74 Å². The van der Waals surface area contributed by atoms with E-state index < -0.39 is 0 Å². The minimum absolute atomic E-state index is 0.0870. The summed E-state index contributed by atoms with van der Waals surface area (Å²) in [4.78, 5) is 12.6. The molecule has 4 nitrogen and oxygen atoms in total. The van der Waals surface area contributed by atoms with Gasteiger partial charge in [0.1, 0.15) is 5.75 Å².